The van der Waals surface area contributed by atoms with Crippen molar-refractivity contribution in [2.24, 2.45) is 11.3 Å². The molecule has 3 saturated heterocycles. The first-order valence-corrected chi connectivity index (χ1v) is 30.1. The van der Waals surface area contributed by atoms with Gasteiger partial charge in [0.05, 0.1) is 39.3 Å². The molecule has 11 rings (SSSR count). The quantitative estimate of drug-likeness (QED) is 0.0567. The predicted octanol–water partition coefficient (Wildman–Crippen LogP) is 8.62. The van der Waals surface area contributed by atoms with Crippen LogP contribution in [0.1, 0.15) is 125 Å². The Morgan fingerprint density at radius 2 is 1.72 bits per heavy atom. The van der Waals surface area contributed by atoms with Crippen molar-refractivity contribution >= 4 is 54.0 Å². The van der Waals surface area contributed by atoms with E-state index in [1.807, 2.05) is 0 Å². The van der Waals surface area contributed by atoms with Crippen LogP contribution < -0.4 is 29.1 Å². The van der Waals surface area contributed by atoms with Gasteiger partial charge in [0, 0.05) is 67.2 Å². The molecule has 2 aromatic heterocycles. The van der Waals surface area contributed by atoms with Gasteiger partial charge in [-0.2, -0.15) is 9.29 Å². The van der Waals surface area contributed by atoms with E-state index in [-0.39, 0.29) is 65.0 Å². The van der Waals surface area contributed by atoms with Crippen molar-refractivity contribution < 1.29 is 45.9 Å². The second-order valence-corrected chi connectivity index (χ2v) is 26.4. The van der Waals surface area contributed by atoms with Crippen LogP contribution in [0.3, 0.4) is 0 Å². The molecule has 0 bridgehead atoms. The molecule has 1 spiro atoms. The van der Waals surface area contributed by atoms with Gasteiger partial charge in [-0.15, -0.1) is 0 Å². The molecule has 406 valence electrons. The van der Waals surface area contributed by atoms with Crippen LogP contribution in [-0.2, 0) is 20.0 Å². The molecule has 1 amide bonds. The summed E-state index contributed by atoms with van der Waals surface area (Å²) in [5, 5.41) is 26.9. The first kappa shape index (κ1) is 52.1. The maximum absolute atomic E-state index is 14.5. The zero-order chi connectivity index (χ0) is 53.3. The molecule has 19 nitrogen and oxygen atoms in total. The number of aromatic amines is 1. The number of hydrogen-bond donors (Lipinski definition) is 4. The molecule has 2 saturated carbocycles. The van der Waals surface area contributed by atoms with Crippen LogP contribution in [0.2, 0.25) is 0 Å². The molecule has 4 aliphatic heterocycles. The summed E-state index contributed by atoms with van der Waals surface area (Å²) in [6.45, 7) is 9.43. The van der Waals surface area contributed by atoms with Gasteiger partial charge in [-0.05, 0) is 137 Å². The summed E-state index contributed by atoms with van der Waals surface area (Å²) >= 11 is 0. The minimum absolute atomic E-state index is 0.00175. The Hall–Kier alpha value is -6.00. The van der Waals surface area contributed by atoms with Crippen molar-refractivity contribution in [2.45, 2.75) is 132 Å². The molecule has 5 fully saturated rings. The van der Waals surface area contributed by atoms with Gasteiger partial charge in [0.2, 0.25) is 10.0 Å². The summed E-state index contributed by atoms with van der Waals surface area (Å²) in [6.07, 6.45) is 12.6. The number of nitro groups is 1. The first-order valence-electron chi connectivity index (χ1n) is 26.7. The smallest absolute Gasteiger partial charge is 0.297 e. The lowest BCUT2D eigenvalue weighted by molar-refractivity contribution is -0.384. The summed E-state index contributed by atoms with van der Waals surface area (Å²) in [5.74, 6) is -0.430. The van der Waals surface area contributed by atoms with Crippen LogP contribution in [0, 0.1) is 21.4 Å². The highest BCUT2D eigenvalue weighted by Crippen LogP contribution is 2.55. The molecule has 0 radical (unpaired) electrons. The summed E-state index contributed by atoms with van der Waals surface area (Å²) in [6, 6.07) is 19.7. The number of hydrogen-bond acceptors (Lipinski definition) is 15. The maximum atomic E-state index is 14.5. The van der Waals surface area contributed by atoms with E-state index >= 15 is 0 Å². The topological polar surface area (TPSA) is 239 Å². The SMILES string of the molecule is CC(C)c1ccccc1[C@@H]1CCCN1C1CC2(CCN(c3ccc(C(=O)NS(=O)(=O)c4cc5c(c([N+](=O)[O-])c4)N[C@@H](C4CCC(C)(O)CC4)CO5)c(Oc4cc5cc[nH]c5nc4OC[C@H]4CCN4S(C)(=O)=O)c3)CC2)C1. The van der Waals surface area contributed by atoms with E-state index < -0.39 is 53.1 Å². The van der Waals surface area contributed by atoms with Gasteiger partial charge >= 0.3 is 0 Å². The number of sulfonamides is 2. The van der Waals surface area contributed by atoms with Crippen LogP contribution in [0.5, 0.6) is 23.1 Å². The van der Waals surface area contributed by atoms with Crippen LogP contribution in [-0.4, -0.2) is 121 Å². The van der Waals surface area contributed by atoms with Gasteiger partial charge < -0.3 is 34.5 Å². The van der Waals surface area contributed by atoms with Gasteiger partial charge in [0.1, 0.15) is 24.6 Å². The Bertz CT molecular complexity index is 3270. The molecule has 2 aliphatic carbocycles. The van der Waals surface area contributed by atoms with E-state index in [1.165, 1.54) is 40.4 Å². The number of carbonyl (C=O) groups excluding carboxylic acids is 1. The fourth-order valence-corrected chi connectivity index (χ4v) is 15.0. The zero-order valence-corrected chi connectivity index (χ0v) is 45.1. The average Bonchev–Trinajstić information content (AvgIpc) is 4.10. The molecule has 76 heavy (non-hydrogen) atoms. The lowest BCUT2D eigenvalue weighted by Gasteiger charge is -2.56. The molecule has 3 aromatic carbocycles. The second-order valence-electron chi connectivity index (χ2n) is 22.7. The third-order valence-electron chi connectivity index (χ3n) is 17.3. The number of nitrogens with zero attached hydrogens (tertiary/aromatic N) is 5. The van der Waals surface area contributed by atoms with Crippen molar-refractivity contribution in [3.05, 3.63) is 99.7 Å². The summed E-state index contributed by atoms with van der Waals surface area (Å²) < 4.78 is 75.7. The lowest BCUT2D eigenvalue weighted by atomic mass is 9.59. The second kappa shape index (κ2) is 20.1. The number of ether oxygens (including phenoxy) is 3. The van der Waals surface area contributed by atoms with Crippen molar-refractivity contribution in [1.82, 2.24) is 23.9 Å². The molecule has 3 atom stereocenters. The number of aromatic nitrogens is 2. The Labute approximate surface area is 443 Å². The number of nitro benzene ring substituents is 1. The fourth-order valence-electron chi connectivity index (χ4n) is 12.8. The molecule has 6 aliphatic rings. The molecule has 5 aromatic rings. The summed E-state index contributed by atoms with van der Waals surface area (Å²) in [5.41, 5.74) is 2.96. The van der Waals surface area contributed by atoms with Gasteiger partial charge in [-0.25, -0.2) is 21.6 Å². The first-order chi connectivity index (χ1) is 36.2. The van der Waals surface area contributed by atoms with Crippen LogP contribution in [0.4, 0.5) is 17.1 Å². The zero-order valence-electron chi connectivity index (χ0n) is 43.5. The Morgan fingerprint density at radius 3 is 2.43 bits per heavy atom. The third-order valence-corrected chi connectivity index (χ3v) is 19.9. The molecule has 6 heterocycles. The number of fused-ring (bicyclic) bond motifs is 2. The van der Waals surface area contributed by atoms with Crippen LogP contribution in [0.15, 0.2) is 77.8 Å². The van der Waals surface area contributed by atoms with Crippen LogP contribution >= 0.6 is 0 Å². The highest BCUT2D eigenvalue weighted by atomic mass is 32.2. The number of carbonyl (C=O) groups is 1. The Morgan fingerprint density at radius 1 is 0.961 bits per heavy atom. The maximum Gasteiger partial charge on any atom is 0.297 e. The Balaban J connectivity index is 0.850. The van der Waals surface area contributed by atoms with E-state index in [9.17, 15) is 36.9 Å². The minimum atomic E-state index is -4.78. The standard InChI is InChI=1S/C55H68N8O11S2/c1-34(2)41-8-5-6-9-42(41)45-10-7-22-61(45)39-30-55(31-39)19-24-60(25-20-55)37-11-12-43(47(27-37)74-49-26-36-15-21-56-51(36)58-53(49)73-32-38-16-23-62(38)75(4,68)69)52(64)59-76(70,71)40-28-46(63(66)67)50-48(29-40)72-33-44(57-50)35-13-17-54(3,65)18-14-35/h5-6,8-9,11-12,15,21,26-29,34-35,38-39,44-45,57,65H,7,10,13-14,16-20,22-25,30-33H2,1-4H3,(H,56,58)(H,59,64)/t35?,38-,44-,45+,54?/m1/s1. The molecular formula is C55H68N8O11S2. The molecule has 4 N–H and O–H groups in total. The number of piperidine rings is 1. The normalized spacial score (nSPS) is 25.1. The average molecular weight is 1080 g/mol. The minimum Gasteiger partial charge on any atom is -0.489 e. The predicted molar refractivity (Wildman–Crippen MR) is 287 cm³/mol. The van der Waals surface area contributed by atoms with E-state index in [0.29, 0.717) is 67.7 Å². The molecular weight excluding hydrogens is 1010 g/mol. The molecule has 0 unspecified atom stereocenters. The highest BCUT2D eigenvalue weighted by Gasteiger charge is 2.50. The Kier molecular flexibility index (Phi) is 13.8. The van der Waals surface area contributed by atoms with Crippen molar-refractivity contribution in [1.29, 1.82) is 0 Å². The number of benzene rings is 3. The number of likely N-dealkylation sites (tertiary alicyclic amines) is 1. The van der Waals surface area contributed by atoms with Crippen molar-refractivity contribution in [3.63, 3.8) is 0 Å². The third kappa shape index (κ3) is 10.3. The van der Waals surface area contributed by atoms with E-state index in [0.717, 1.165) is 63.3 Å². The van der Waals surface area contributed by atoms with Crippen molar-refractivity contribution in [2.75, 3.05) is 55.9 Å². The number of anilines is 2. The largest absolute Gasteiger partial charge is 0.489 e. The number of H-pyrrole nitrogens is 1. The van der Waals surface area contributed by atoms with Gasteiger partial charge in [0.25, 0.3) is 27.5 Å². The highest BCUT2D eigenvalue weighted by molar-refractivity contribution is 7.90. The van der Waals surface area contributed by atoms with Gasteiger partial charge in [0.15, 0.2) is 17.2 Å². The van der Waals surface area contributed by atoms with Gasteiger partial charge in [-0.1, -0.05) is 38.1 Å². The van der Waals surface area contributed by atoms with E-state index in [2.05, 4.69) is 67.9 Å². The van der Waals surface area contributed by atoms with Gasteiger partial charge in [-0.3, -0.25) is 19.8 Å². The van der Waals surface area contributed by atoms with E-state index in [4.69, 9.17) is 14.2 Å². The number of aliphatic hydroxyl groups is 1. The lowest BCUT2D eigenvalue weighted by Crippen LogP contribution is -2.54. The molecule has 21 heteroatoms. The van der Waals surface area contributed by atoms with Crippen LogP contribution in [0.25, 0.3) is 11.0 Å². The number of pyridine rings is 1. The summed E-state index contributed by atoms with van der Waals surface area (Å²) in [4.78, 5) is 38.6. The van der Waals surface area contributed by atoms with E-state index in [1.54, 1.807) is 37.4 Å². The monoisotopic (exact) mass is 1080 g/mol. The summed E-state index contributed by atoms with van der Waals surface area (Å²) in [7, 11) is -8.25. The number of amides is 1. The number of rotatable bonds is 15. The fraction of sp³-hybridized carbons (Fsp3) is 0.527. The number of nitrogens with one attached hydrogen (secondary N) is 3. The van der Waals surface area contributed by atoms with Crippen molar-refractivity contribution in [3.8, 4) is 23.1 Å².